The van der Waals surface area contributed by atoms with Crippen molar-refractivity contribution in [2.24, 2.45) is 23.7 Å². The van der Waals surface area contributed by atoms with Crippen LogP contribution in [0.5, 0.6) is 0 Å². The molecule has 7 nitrogen and oxygen atoms in total. The summed E-state index contributed by atoms with van der Waals surface area (Å²) in [6.07, 6.45) is 9.01. The molecule has 0 aromatic heterocycles. The maximum absolute atomic E-state index is 14.5. The molecular weight excluding hydrogens is 677 g/mol. The molecule has 0 aliphatic heterocycles. The summed E-state index contributed by atoms with van der Waals surface area (Å²) in [6, 6.07) is 21.4. The Morgan fingerprint density at radius 3 is 2.06 bits per heavy atom. The summed E-state index contributed by atoms with van der Waals surface area (Å²) in [6.45, 7) is 3.95. The molecule has 0 saturated heterocycles. The number of carbonyl (C=O) groups is 2. The lowest BCUT2D eigenvalue weighted by Crippen LogP contribution is -2.53. The minimum absolute atomic E-state index is 0.00993. The first-order valence-corrected chi connectivity index (χ1v) is 20.0. The first kappa shape index (κ1) is 35.7. The number of carbonyl (C=O) groups excluding carboxylic acids is 2. The van der Waals surface area contributed by atoms with Gasteiger partial charge in [0.05, 0.1) is 11.9 Å². The van der Waals surface area contributed by atoms with Crippen molar-refractivity contribution in [3.05, 3.63) is 99.5 Å². The number of amides is 2. The molecule has 4 aliphatic rings. The molecule has 0 heterocycles. The molecule has 4 bridgehead atoms. The number of benzene rings is 3. The van der Waals surface area contributed by atoms with Crippen molar-refractivity contribution in [1.29, 1.82) is 0 Å². The van der Waals surface area contributed by atoms with Gasteiger partial charge in [0.15, 0.2) is 0 Å². The van der Waals surface area contributed by atoms with Crippen LogP contribution in [-0.2, 0) is 38.0 Å². The van der Waals surface area contributed by atoms with Crippen LogP contribution < -0.4 is 9.62 Å². The van der Waals surface area contributed by atoms with Gasteiger partial charge in [-0.3, -0.25) is 13.9 Å². The fraction of sp³-hybridized carbons (Fsp3) is 0.487. The summed E-state index contributed by atoms with van der Waals surface area (Å²) in [5, 5.41) is 3.80. The number of hydrogen-bond donors (Lipinski definition) is 1. The molecule has 10 heteroatoms. The Labute approximate surface area is 301 Å². The number of hydrogen-bond acceptors (Lipinski definition) is 4. The molecule has 7 rings (SSSR count). The van der Waals surface area contributed by atoms with E-state index in [4.69, 9.17) is 23.2 Å². The van der Waals surface area contributed by atoms with Crippen LogP contribution in [0.25, 0.3) is 0 Å². The number of nitrogens with one attached hydrogen (secondary N) is 1. The van der Waals surface area contributed by atoms with Crippen LogP contribution in [0.15, 0.2) is 72.8 Å². The second kappa shape index (κ2) is 14.7. The average Bonchev–Trinajstić information content (AvgIpc) is 3.04. The monoisotopic (exact) mass is 723 g/mol. The third kappa shape index (κ3) is 8.29. The van der Waals surface area contributed by atoms with E-state index in [1.54, 1.807) is 18.2 Å². The Bertz CT molecular complexity index is 1730. The van der Waals surface area contributed by atoms with E-state index in [1.807, 2.05) is 56.3 Å². The van der Waals surface area contributed by atoms with Gasteiger partial charge in [-0.15, -0.1) is 0 Å². The number of sulfonamides is 1. The first-order valence-electron chi connectivity index (χ1n) is 17.4. The molecule has 3 aromatic rings. The van der Waals surface area contributed by atoms with Gasteiger partial charge in [-0.2, -0.15) is 0 Å². The summed E-state index contributed by atoms with van der Waals surface area (Å²) in [4.78, 5) is 29.8. The van der Waals surface area contributed by atoms with Gasteiger partial charge in [0.1, 0.15) is 12.6 Å². The lowest BCUT2D eigenvalue weighted by Gasteiger charge is -2.57. The molecule has 3 aromatic carbocycles. The zero-order valence-corrected chi connectivity index (χ0v) is 30.9. The minimum Gasteiger partial charge on any atom is -0.354 e. The van der Waals surface area contributed by atoms with Crippen LogP contribution in [0.2, 0.25) is 10.0 Å². The standard InChI is InChI=1S/C39H47Cl2N3O4S/c1-26(2)23-42-38(46)36(18-27-7-5-4-6-8-27)43(24-31-9-12-33(40)19-35(31)41)37(45)25-44(49(3,47)48)34-13-10-32(11-14-34)39-20-28-15-29(21-39)17-30(16-28)22-39/h4-14,19,26,28-30,36H,15-18,20-25H2,1-3H3,(H,42,46)/t28?,29?,30?,36-,39?/m0/s1. The fourth-order valence-corrected chi connectivity index (χ4v) is 10.2. The summed E-state index contributed by atoms with van der Waals surface area (Å²) in [5.74, 6) is 1.73. The second-order valence-electron chi connectivity index (χ2n) is 15.1. The van der Waals surface area contributed by atoms with Crippen LogP contribution in [0, 0.1) is 23.7 Å². The van der Waals surface area contributed by atoms with Crippen molar-refractivity contribution in [3.8, 4) is 0 Å². The Hall–Kier alpha value is -3.07. The van der Waals surface area contributed by atoms with E-state index >= 15 is 0 Å². The molecule has 0 spiro atoms. The van der Waals surface area contributed by atoms with E-state index < -0.39 is 28.5 Å². The van der Waals surface area contributed by atoms with Gasteiger partial charge >= 0.3 is 0 Å². The molecular formula is C39H47Cl2N3O4S. The quantitative estimate of drug-likeness (QED) is 0.196. The Kier molecular flexibility index (Phi) is 10.7. The highest BCUT2D eigenvalue weighted by atomic mass is 35.5. The highest BCUT2D eigenvalue weighted by Gasteiger charge is 2.51. The molecule has 0 unspecified atom stereocenters. The molecule has 4 saturated carbocycles. The SMILES string of the molecule is CC(C)CNC(=O)[C@H](Cc1ccccc1)N(Cc1ccc(Cl)cc1Cl)C(=O)CN(c1ccc(C23CC4CC(CC(C4)C2)C3)cc1)S(C)(=O)=O. The maximum atomic E-state index is 14.5. The van der Waals surface area contributed by atoms with Gasteiger partial charge in [-0.25, -0.2) is 8.42 Å². The smallest absolute Gasteiger partial charge is 0.244 e. The molecule has 4 aliphatic carbocycles. The molecule has 1 N–H and O–H groups in total. The van der Waals surface area contributed by atoms with Crippen molar-refractivity contribution in [2.75, 3.05) is 23.7 Å². The molecule has 0 radical (unpaired) electrons. The Balaban J connectivity index is 1.32. The van der Waals surface area contributed by atoms with E-state index in [-0.39, 0.29) is 30.2 Å². The van der Waals surface area contributed by atoms with Crippen LogP contribution in [0.3, 0.4) is 0 Å². The zero-order chi connectivity index (χ0) is 34.9. The predicted octanol–water partition coefficient (Wildman–Crippen LogP) is 7.64. The van der Waals surface area contributed by atoms with Gasteiger partial charge < -0.3 is 10.2 Å². The Morgan fingerprint density at radius 1 is 0.898 bits per heavy atom. The first-order chi connectivity index (χ1) is 23.3. The largest absolute Gasteiger partial charge is 0.354 e. The van der Waals surface area contributed by atoms with Crippen LogP contribution in [0.1, 0.15) is 69.1 Å². The van der Waals surface area contributed by atoms with Gasteiger partial charge in [0.2, 0.25) is 21.8 Å². The summed E-state index contributed by atoms with van der Waals surface area (Å²) in [7, 11) is -3.88. The van der Waals surface area contributed by atoms with Crippen molar-refractivity contribution in [1.82, 2.24) is 10.2 Å². The van der Waals surface area contributed by atoms with Crippen molar-refractivity contribution in [2.45, 2.75) is 76.8 Å². The Morgan fingerprint density at radius 2 is 1.51 bits per heavy atom. The summed E-state index contributed by atoms with van der Waals surface area (Å²) >= 11 is 12.8. The van der Waals surface area contributed by atoms with Crippen molar-refractivity contribution >= 4 is 50.7 Å². The molecule has 2 amide bonds. The molecule has 1 atom stereocenters. The minimum atomic E-state index is -3.88. The van der Waals surface area contributed by atoms with E-state index in [2.05, 4.69) is 17.4 Å². The molecule has 49 heavy (non-hydrogen) atoms. The normalized spacial score (nSPS) is 23.3. The summed E-state index contributed by atoms with van der Waals surface area (Å²) < 4.78 is 27.9. The van der Waals surface area contributed by atoms with Crippen LogP contribution in [-0.4, -0.2) is 50.5 Å². The zero-order valence-electron chi connectivity index (χ0n) is 28.6. The average molecular weight is 725 g/mol. The van der Waals surface area contributed by atoms with Gasteiger partial charge in [-0.1, -0.05) is 85.6 Å². The number of anilines is 1. The number of nitrogens with zero attached hydrogens (tertiary/aromatic N) is 2. The van der Waals surface area contributed by atoms with Crippen LogP contribution >= 0.6 is 23.2 Å². The second-order valence-corrected chi connectivity index (χ2v) is 17.9. The highest BCUT2D eigenvalue weighted by molar-refractivity contribution is 7.92. The van der Waals surface area contributed by atoms with E-state index in [9.17, 15) is 18.0 Å². The third-order valence-corrected chi connectivity index (χ3v) is 12.5. The lowest BCUT2D eigenvalue weighted by atomic mass is 9.48. The van der Waals surface area contributed by atoms with E-state index in [0.717, 1.165) is 33.9 Å². The topological polar surface area (TPSA) is 86.8 Å². The van der Waals surface area contributed by atoms with Gasteiger partial charge in [0, 0.05) is 29.6 Å². The van der Waals surface area contributed by atoms with Gasteiger partial charge in [0.25, 0.3) is 0 Å². The molecule has 4 fully saturated rings. The fourth-order valence-electron chi connectivity index (χ4n) is 8.87. The van der Waals surface area contributed by atoms with Crippen molar-refractivity contribution < 1.29 is 18.0 Å². The van der Waals surface area contributed by atoms with Gasteiger partial charge in [-0.05, 0) is 109 Å². The number of halogens is 2. The molecule has 262 valence electrons. The number of rotatable bonds is 13. The van der Waals surface area contributed by atoms with E-state index in [0.29, 0.717) is 27.8 Å². The predicted molar refractivity (Wildman–Crippen MR) is 197 cm³/mol. The van der Waals surface area contributed by atoms with Crippen LogP contribution in [0.4, 0.5) is 5.69 Å². The maximum Gasteiger partial charge on any atom is 0.244 e. The highest BCUT2D eigenvalue weighted by Crippen LogP contribution is 2.60. The summed E-state index contributed by atoms with van der Waals surface area (Å²) in [5.41, 5.74) is 3.34. The van der Waals surface area contributed by atoms with Crippen molar-refractivity contribution in [3.63, 3.8) is 0 Å². The van der Waals surface area contributed by atoms with E-state index in [1.165, 1.54) is 49.0 Å². The lowest BCUT2D eigenvalue weighted by molar-refractivity contribution is -0.140. The third-order valence-electron chi connectivity index (χ3n) is 10.8.